The molecule has 0 aliphatic carbocycles. The molecule has 0 aromatic heterocycles. The van der Waals surface area contributed by atoms with Crippen molar-refractivity contribution in [3.63, 3.8) is 0 Å². The number of para-hydroxylation sites is 1. The molecule has 0 saturated heterocycles. The summed E-state index contributed by atoms with van der Waals surface area (Å²) in [6, 6.07) is 8.81. The molecule has 2 aromatic carbocycles. The number of methoxy groups -OCH3 is 2. The van der Waals surface area contributed by atoms with Gasteiger partial charge in [0.2, 0.25) is 12.7 Å². The molecule has 0 unspecified atom stereocenters. The van der Waals surface area contributed by atoms with E-state index in [1.807, 2.05) is 30.1 Å². The van der Waals surface area contributed by atoms with Crippen LogP contribution < -0.4 is 24.3 Å². The summed E-state index contributed by atoms with van der Waals surface area (Å²) in [6.45, 7) is 2.13. The van der Waals surface area contributed by atoms with E-state index in [-0.39, 0.29) is 25.0 Å². The second-order valence-corrected chi connectivity index (χ2v) is 6.68. The predicted octanol–water partition coefficient (Wildman–Crippen LogP) is 2.71. The summed E-state index contributed by atoms with van der Waals surface area (Å²) in [6.07, 6.45) is 0. The van der Waals surface area contributed by atoms with Gasteiger partial charge in [-0.25, -0.2) is 0 Å². The molecule has 29 heavy (non-hydrogen) atoms. The highest BCUT2D eigenvalue weighted by Crippen LogP contribution is 2.37. The Labute approximate surface area is 169 Å². The molecule has 2 aromatic rings. The minimum Gasteiger partial charge on any atom is -0.493 e. The van der Waals surface area contributed by atoms with Gasteiger partial charge in [0.25, 0.3) is 0 Å². The Balaban J connectivity index is 1.69. The summed E-state index contributed by atoms with van der Waals surface area (Å²) in [5, 5.41) is 2.80. The van der Waals surface area contributed by atoms with Gasteiger partial charge in [0.15, 0.2) is 28.8 Å². The summed E-state index contributed by atoms with van der Waals surface area (Å²) < 4.78 is 21.4. The minimum atomic E-state index is -0.254. The number of likely N-dealkylation sites (N-methyl/N-ethyl adjacent to an activating group) is 1. The van der Waals surface area contributed by atoms with E-state index >= 15 is 0 Å². The van der Waals surface area contributed by atoms with E-state index in [9.17, 15) is 9.59 Å². The molecule has 3 rings (SSSR count). The van der Waals surface area contributed by atoms with Crippen molar-refractivity contribution in [1.82, 2.24) is 4.90 Å². The summed E-state index contributed by atoms with van der Waals surface area (Å²) in [7, 11) is 4.98. The molecule has 0 radical (unpaired) electrons. The van der Waals surface area contributed by atoms with E-state index < -0.39 is 0 Å². The van der Waals surface area contributed by atoms with Crippen LogP contribution in [-0.2, 0) is 11.3 Å². The molecule has 1 amide bonds. The first kappa shape index (κ1) is 20.5. The van der Waals surface area contributed by atoms with Gasteiger partial charge in [-0.15, -0.1) is 0 Å². The number of anilines is 1. The Bertz CT molecular complexity index is 928. The van der Waals surface area contributed by atoms with Crippen LogP contribution in [-0.4, -0.2) is 51.2 Å². The Kier molecular flexibility index (Phi) is 6.23. The van der Waals surface area contributed by atoms with Crippen molar-refractivity contribution in [2.45, 2.75) is 13.5 Å². The van der Waals surface area contributed by atoms with E-state index in [1.54, 1.807) is 26.4 Å². The normalized spacial score (nSPS) is 12.0. The lowest BCUT2D eigenvalue weighted by Crippen LogP contribution is -2.30. The van der Waals surface area contributed by atoms with Crippen molar-refractivity contribution in [3.05, 3.63) is 41.5 Å². The number of hydrogen-bond acceptors (Lipinski definition) is 7. The molecule has 0 spiro atoms. The number of carbonyl (C=O) groups excluding carboxylic acids is 2. The third-order valence-corrected chi connectivity index (χ3v) is 4.50. The average Bonchev–Trinajstić information content (AvgIpc) is 3.14. The van der Waals surface area contributed by atoms with Gasteiger partial charge in [-0.05, 0) is 26.1 Å². The maximum Gasteiger partial charge on any atom is 0.238 e. The van der Waals surface area contributed by atoms with Crippen molar-refractivity contribution in [3.8, 4) is 23.0 Å². The third kappa shape index (κ3) is 4.60. The van der Waals surface area contributed by atoms with E-state index in [0.29, 0.717) is 40.8 Å². The SMILES string of the molecule is COc1cccc(CN(C)CC(=O)Nc2cc3c(cc2C(C)=O)OCO3)c1OC. The highest BCUT2D eigenvalue weighted by molar-refractivity contribution is 6.05. The highest BCUT2D eigenvalue weighted by atomic mass is 16.7. The fourth-order valence-corrected chi connectivity index (χ4v) is 3.20. The third-order valence-electron chi connectivity index (χ3n) is 4.50. The van der Waals surface area contributed by atoms with E-state index in [4.69, 9.17) is 18.9 Å². The number of amides is 1. The number of rotatable bonds is 8. The van der Waals surface area contributed by atoms with E-state index in [0.717, 1.165) is 5.56 Å². The molecule has 1 aliphatic rings. The quantitative estimate of drug-likeness (QED) is 0.682. The zero-order valence-corrected chi connectivity index (χ0v) is 16.9. The molecule has 1 aliphatic heterocycles. The second-order valence-electron chi connectivity index (χ2n) is 6.68. The molecule has 1 N–H and O–H groups in total. The number of ketones is 1. The summed E-state index contributed by atoms with van der Waals surface area (Å²) in [5.41, 5.74) is 1.67. The first-order valence-corrected chi connectivity index (χ1v) is 9.05. The number of ether oxygens (including phenoxy) is 4. The van der Waals surface area contributed by atoms with Crippen molar-refractivity contribution < 1.29 is 28.5 Å². The Morgan fingerprint density at radius 3 is 2.52 bits per heavy atom. The monoisotopic (exact) mass is 400 g/mol. The molecule has 0 bridgehead atoms. The molecular weight excluding hydrogens is 376 g/mol. The number of carbonyl (C=O) groups is 2. The predicted molar refractivity (Wildman–Crippen MR) is 107 cm³/mol. The van der Waals surface area contributed by atoms with Crippen molar-refractivity contribution in [2.24, 2.45) is 0 Å². The van der Waals surface area contributed by atoms with Gasteiger partial charge in [-0.3, -0.25) is 14.5 Å². The standard InChI is InChI=1S/C21H24N2O6/c1-13(24)15-8-18-19(29-12-28-18)9-16(15)22-20(25)11-23(2)10-14-6-5-7-17(26-3)21(14)27-4/h5-9H,10-12H2,1-4H3,(H,22,25). The fraction of sp³-hybridized carbons (Fsp3) is 0.333. The molecule has 0 fully saturated rings. The molecule has 1 heterocycles. The summed E-state index contributed by atoms with van der Waals surface area (Å²) in [4.78, 5) is 26.4. The van der Waals surface area contributed by atoms with Crippen molar-refractivity contribution in [2.75, 3.05) is 39.9 Å². The van der Waals surface area contributed by atoms with Gasteiger partial charge in [0.05, 0.1) is 26.5 Å². The van der Waals surface area contributed by atoms with Gasteiger partial charge < -0.3 is 24.3 Å². The smallest absolute Gasteiger partial charge is 0.238 e. The van der Waals surface area contributed by atoms with Crippen LogP contribution in [0.3, 0.4) is 0 Å². The summed E-state index contributed by atoms with van der Waals surface area (Å²) >= 11 is 0. The van der Waals surface area contributed by atoms with Gasteiger partial charge in [-0.2, -0.15) is 0 Å². The highest BCUT2D eigenvalue weighted by Gasteiger charge is 2.21. The lowest BCUT2D eigenvalue weighted by Gasteiger charge is -2.19. The molecule has 0 saturated carbocycles. The van der Waals surface area contributed by atoms with Gasteiger partial charge in [-0.1, -0.05) is 12.1 Å². The largest absolute Gasteiger partial charge is 0.493 e. The van der Waals surface area contributed by atoms with Gasteiger partial charge in [0.1, 0.15) is 0 Å². The van der Waals surface area contributed by atoms with Crippen LogP contribution in [0.15, 0.2) is 30.3 Å². The maximum atomic E-state index is 12.6. The van der Waals surface area contributed by atoms with Crippen molar-refractivity contribution >= 4 is 17.4 Å². The molecule has 154 valence electrons. The fourth-order valence-electron chi connectivity index (χ4n) is 3.20. The van der Waals surface area contributed by atoms with Crippen LogP contribution >= 0.6 is 0 Å². The average molecular weight is 400 g/mol. The number of benzene rings is 2. The lowest BCUT2D eigenvalue weighted by molar-refractivity contribution is -0.117. The molecule has 8 nitrogen and oxygen atoms in total. The van der Waals surface area contributed by atoms with E-state index in [1.165, 1.54) is 6.92 Å². The second kappa shape index (κ2) is 8.83. The number of nitrogens with one attached hydrogen (secondary N) is 1. The van der Waals surface area contributed by atoms with Crippen LogP contribution in [0, 0.1) is 0 Å². The van der Waals surface area contributed by atoms with Crippen LogP contribution in [0.5, 0.6) is 23.0 Å². The topological polar surface area (TPSA) is 86.3 Å². The number of fused-ring (bicyclic) bond motifs is 1. The van der Waals surface area contributed by atoms with E-state index in [2.05, 4.69) is 5.32 Å². The molecule has 0 atom stereocenters. The zero-order valence-electron chi connectivity index (χ0n) is 16.9. The van der Waals surface area contributed by atoms with Crippen LogP contribution in [0.1, 0.15) is 22.8 Å². The van der Waals surface area contributed by atoms with Crippen molar-refractivity contribution in [1.29, 1.82) is 0 Å². The number of Topliss-reactive ketones (excluding diaryl/α,β-unsaturated/α-hetero) is 1. The zero-order chi connectivity index (χ0) is 21.0. The van der Waals surface area contributed by atoms with Gasteiger partial charge in [0, 0.05) is 23.7 Å². The molecule has 8 heteroatoms. The first-order chi connectivity index (χ1) is 13.9. The van der Waals surface area contributed by atoms with Crippen LogP contribution in [0.25, 0.3) is 0 Å². The lowest BCUT2D eigenvalue weighted by atomic mass is 10.1. The number of nitrogens with zero attached hydrogens (tertiary/aromatic N) is 1. The number of hydrogen-bond donors (Lipinski definition) is 1. The minimum absolute atomic E-state index is 0.0924. The Morgan fingerprint density at radius 2 is 1.86 bits per heavy atom. The Morgan fingerprint density at radius 1 is 1.14 bits per heavy atom. The maximum absolute atomic E-state index is 12.6. The van der Waals surface area contributed by atoms with Gasteiger partial charge >= 0.3 is 0 Å². The summed E-state index contributed by atoms with van der Waals surface area (Å²) in [5.74, 6) is 1.84. The molecular formula is C21H24N2O6. The van der Waals surface area contributed by atoms with Crippen LogP contribution in [0.2, 0.25) is 0 Å². The van der Waals surface area contributed by atoms with Crippen LogP contribution in [0.4, 0.5) is 5.69 Å². The Hall–Kier alpha value is -3.26. The first-order valence-electron chi connectivity index (χ1n) is 9.05.